The second kappa shape index (κ2) is 5.86. The van der Waals surface area contributed by atoms with Crippen LogP contribution in [0, 0.1) is 17.5 Å². The number of hydrogen-bond donors (Lipinski definition) is 0. The fraction of sp³-hybridized carbons (Fsp3) is 0.273. The summed E-state index contributed by atoms with van der Waals surface area (Å²) in [5.74, 6) is -6.51. The predicted octanol–water partition coefficient (Wildman–Crippen LogP) is 2.89. The van der Waals surface area contributed by atoms with Gasteiger partial charge in [0.05, 0.1) is 12.2 Å². The summed E-state index contributed by atoms with van der Waals surface area (Å²) in [5, 5.41) is -1.04. The molecule has 1 aromatic rings. The zero-order chi connectivity index (χ0) is 13.9. The predicted molar refractivity (Wildman–Crippen MR) is 56.9 cm³/mol. The van der Waals surface area contributed by atoms with Crippen molar-refractivity contribution in [1.29, 1.82) is 0 Å². The lowest BCUT2D eigenvalue weighted by Gasteiger charge is -2.05. The third-order valence-corrected chi connectivity index (χ3v) is 2.36. The molecule has 0 radical (unpaired) electrons. The van der Waals surface area contributed by atoms with E-state index in [2.05, 4.69) is 4.74 Å². The average Bonchev–Trinajstić information content (AvgIpc) is 2.31. The quantitative estimate of drug-likeness (QED) is 0.280. The normalized spacial score (nSPS) is 10.3. The molecule has 18 heavy (non-hydrogen) atoms. The molecule has 0 unspecified atom stereocenters. The van der Waals surface area contributed by atoms with E-state index in [-0.39, 0.29) is 6.61 Å². The van der Waals surface area contributed by atoms with Crippen LogP contribution in [0.25, 0.3) is 0 Å². The van der Waals surface area contributed by atoms with Crippen LogP contribution in [-0.4, -0.2) is 18.4 Å². The van der Waals surface area contributed by atoms with E-state index >= 15 is 0 Å². The number of esters is 1. The molecular formula is C11H8ClF3O3. The van der Waals surface area contributed by atoms with Gasteiger partial charge in [0.2, 0.25) is 0 Å². The molecule has 0 heterocycles. The lowest BCUT2D eigenvalue weighted by Crippen LogP contribution is -2.14. The Balaban J connectivity index is 3.04. The van der Waals surface area contributed by atoms with Crippen molar-refractivity contribution in [3.63, 3.8) is 0 Å². The van der Waals surface area contributed by atoms with Gasteiger partial charge in [0.25, 0.3) is 0 Å². The number of ketones is 1. The van der Waals surface area contributed by atoms with E-state index in [9.17, 15) is 22.8 Å². The Morgan fingerprint density at radius 2 is 1.89 bits per heavy atom. The van der Waals surface area contributed by atoms with Gasteiger partial charge in [0.1, 0.15) is 17.3 Å². The minimum Gasteiger partial charge on any atom is -0.466 e. The minimum absolute atomic E-state index is 0.0396. The topological polar surface area (TPSA) is 43.4 Å². The average molecular weight is 281 g/mol. The first-order valence-electron chi connectivity index (χ1n) is 4.90. The van der Waals surface area contributed by atoms with E-state index < -0.39 is 46.2 Å². The Kier molecular flexibility index (Phi) is 4.72. The maximum Gasteiger partial charge on any atom is 0.313 e. The van der Waals surface area contributed by atoms with Crippen molar-refractivity contribution in [2.45, 2.75) is 13.3 Å². The lowest BCUT2D eigenvalue weighted by molar-refractivity contribution is -0.141. The third-order valence-electron chi connectivity index (χ3n) is 2.01. The molecule has 0 spiro atoms. The Bertz CT molecular complexity index is 503. The van der Waals surface area contributed by atoms with Gasteiger partial charge in [0.15, 0.2) is 17.4 Å². The molecular weight excluding hydrogens is 273 g/mol. The number of ether oxygens (including phenoxy) is 1. The van der Waals surface area contributed by atoms with Gasteiger partial charge in [-0.15, -0.1) is 0 Å². The molecule has 0 saturated carbocycles. The summed E-state index contributed by atoms with van der Waals surface area (Å²) in [7, 11) is 0. The monoisotopic (exact) mass is 280 g/mol. The molecule has 7 heteroatoms. The molecule has 0 aromatic heterocycles. The Morgan fingerprint density at radius 3 is 2.44 bits per heavy atom. The van der Waals surface area contributed by atoms with E-state index in [1.165, 1.54) is 6.92 Å². The lowest BCUT2D eigenvalue weighted by atomic mass is 10.1. The maximum atomic E-state index is 13.3. The standard InChI is InChI=1S/C11H8ClF3O3/c1-2-18-8(17)4-7(16)5-3-6(13)9(12)11(15)10(5)14/h3H,2,4H2,1H3. The summed E-state index contributed by atoms with van der Waals surface area (Å²) in [4.78, 5) is 22.4. The van der Waals surface area contributed by atoms with Crippen molar-refractivity contribution in [2.24, 2.45) is 0 Å². The highest BCUT2D eigenvalue weighted by Crippen LogP contribution is 2.25. The van der Waals surface area contributed by atoms with Crippen LogP contribution in [0.5, 0.6) is 0 Å². The Hall–Kier alpha value is -1.56. The van der Waals surface area contributed by atoms with Gasteiger partial charge in [-0.2, -0.15) is 0 Å². The van der Waals surface area contributed by atoms with Crippen LogP contribution in [-0.2, 0) is 9.53 Å². The molecule has 3 nitrogen and oxygen atoms in total. The van der Waals surface area contributed by atoms with Crippen molar-refractivity contribution >= 4 is 23.4 Å². The van der Waals surface area contributed by atoms with Gasteiger partial charge in [-0.1, -0.05) is 11.6 Å². The zero-order valence-corrected chi connectivity index (χ0v) is 9.98. The molecule has 0 atom stereocenters. The zero-order valence-electron chi connectivity index (χ0n) is 9.23. The summed E-state index contributed by atoms with van der Waals surface area (Å²) in [6.45, 7) is 1.56. The van der Waals surface area contributed by atoms with E-state index in [0.29, 0.717) is 6.07 Å². The highest BCUT2D eigenvalue weighted by atomic mass is 35.5. The van der Waals surface area contributed by atoms with Crippen molar-refractivity contribution < 1.29 is 27.5 Å². The molecule has 0 aliphatic heterocycles. The smallest absolute Gasteiger partial charge is 0.313 e. The van der Waals surface area contributed by atoms with Gasteiger partial charge in [0, 0.05) is 0 Å². The van der Waals surface area contributed by atoms with Crippen LogP contribution >= 0.6 is 11.6 Å². The summed E-state index contributed by atoms with van der Waals surface area (Å²) in [6.07, 6.45) is -0.800. The highest BCUT2D eigenvalue weighted by molar-refractivity contribution is 6.31. The number of rotatable bonds is 4. The van der Waals surface area contributed by atoms with Crippen molar-refractivity contribution in [3.05, 3.63) is 34.1 Å². The summed E-state index contributed by atoms with van der Waals surface area (Å²) < 4.78 is 43.9. The van der Waals surface area contributed by atoms with Crippen LogP contribution in [0.2, 0.25) is 5.02 Å². The largest absolute Gasteiger partial charge is 0.466 e. The van der Waals surface area contributed by atoms with Crippen molar-refractivity contribution in [3.8, 4) is 0 Å². The fourth-order valence-corrected chi connectivity index (χ4v) is 1.35. The first-order chi connectivity index (χ1) is 8.38. The molecule has 1 rings (SSSR count). The molecule has 98 valence electrons. The van der Waals surface area contributed by atoms with Gasteiger partial charge < -0.3 is 4.74 Å². The number of halogens is 4. The molecule has 0 N–H and O–H groups in total. The van der Waals surface area contributed by atoms with Crippen LogP contribution in [0.4, 0.5) is 13.2 Å². The second-order valence-electron chi connectivity index (χ2n) is 3.25. The second-order valence-corrected chi connectivity index (χ2v) is 3.63. The van der Waals surface area contributed by atoms with Crippen molar-refractivity contribution in [2.75, 3.05) is 6.61 Å². The van der Waals surface area contributed by atoms with Crippen LogP contribution in [0.1, 0.15) is 23.7 Å². The molecule has 0 bridgehead atoms. The molecule has 0 aliphatic rings. The Labute approximate surface area is 105 Å². The maximum absolute atomic E-state index is 13.3. The SMILES string of the molecule is CCOC(=O)CC(=O)c1cc(F)c(Cl)c(F)c1F. The summed E-state index contributed by atoms with van der Waals surface area (Å²) >= 11 is 5.12. The third kappa shape index (κ3) is 3.01. The van der Waals surface area contributed by atoms with Gasteiger partial charge in [-0.05, 0) is 13.0 Å². The summed E-state index contributed by atoms with van der Waals surface area (Å²) in [5.41, 5.74) is -0.873. The van der Waals surface area contributed by atoms with E-state index in [0.717, 1.165) is 0 Å². The molecule has 0 fully saturated rings. The van der Waals surface area contributed by atoms with Gasteiger partial charge in [-0.25, -0.2) is 13.2 Å². The fourth-order valence-electron chi connectivity index (χ4n) is 1.21. The number of benzene rings is 1. The van der Waals surface area contributed by atoms with E-state index in [1.807, 2.05) is 0 Å². The Morgan fingerprint density at radius 1 is 1.28 bits per heavy atom. The van der Waals surface area contributed by atoms with Crippen LogP contribution in [0.15, 0.2) is 6.07 Å². The molecule has 0 amide bonds. The van der Waals surface area contributed by atoms with Crippen molar-refractivity contribution in [1.82, 2.24) is 0 Å². The first kappa shape index (κ1) is 14.5. The van der Waals surface area contributed by atoms with Crippen LogP contribution < -0.4 is 0 Å². The van der Waals surface area contributed by atoms with E-state index in [1.54, 1.807) is 0 Å². The van der Waals surface area contributed by atoms with Crippen LogP contribution in [0.3, 0.4) is 0 Å². The minimum atomic E-state index is -1.66. The van der Waals surface area contributed by atoms with Gasteiger partial charge >= 0.3 is 5.97 Å². The number of Topliss-reactive ketones (excluding diaryl/α,β-unsaturated/α-hetero) is 1. The summed E-state index contributed by atoms with van der Waals surface area (Å²) in [6, 6.07) is 0.447. The van der Waals surface area contributed by atoms with Gasteiger partial charge in [-0.3, -0.25) is 9.59 Å². The molecule has 0 aliphatic carbocycles. The molecule has 1 aromatic carbocycles. The number of carbonyl (C=O) groups excluding carboxylic acids is 2. The number of carbonyl (C=O) groups is 2. The number of hydrogen-bond acceptors (Lipinski definition) is 3. The first-order valence-corrected chi connectivity index (χ1v) is 5.28. The molecule has 0 saturated heterocycles. The van der Waals surface area contributed by atoms with E-state index in [4.69, 9.17) is 11.6 Å². The highest BCUT2D eigenvalue weighted by Gasteiger charge is 2.23.